The summed E-state index contributed by atoms with van der Waals surface area (Å²) in [5, 5.41) is 5.79. The average Bonchev–Trinajstić information content (AvgIpc) is 3.44. The number of amides is 2. The van der Waals surface area contributed by atoms with E-state index in [-0.39, 0.29) is 30.1 Å². The van der Waals surface area contributed by atoms with Crippen molar-refractivity contribution in [2.45, 2.75) is 44.1 Å². The Balaban J connectivity index is 1.53. The maximum absolute atomic E-state index is 13.6. The van der Waals surface area contributed by atoms with Crippen LogP contribution in [0.5, 0.6) is 0 Å². The number of benzene rings is 3. The van der Waals surface area contributed by atoms with Crippen molar-refractivity contribution in [2.75, 3.05) is 6.54 Å². The highest BCUT2D eigenvalue weighted by Crippen LogP contribution is 2.26. The number of rotatable bonds is 10. The molecule has 4 rings (SSSR count). The minimum Gasteiger partial charge on any atom is -0.347 e. The minimum atomic E-state index is -0.795. The lowest BCUT2D eigenvalue weighted by molar-refractivity contribution is -0.130. The molecule has 0 radical (unpaired) electrons. The fourth-order valence-corrected chi connectivity index (χ4v) is 4.79. The Kier molecular flexibility index (Phi) is 8.44. The van der Waals surface area contributed by atoms with Crippen LogP contribution in [0.25, 0.3) is 0 Å². The molecule has 180 valence electrons. The number of carbonyl (C=O) groups is 3. The number of Topliss-reactive ketones (excluding diaryl/α,β-unsaturated/α-hetero) is 1. The molecule has 0 aromatic heterocycles. The monoisotopic (exact) mass is 468 g/mol. The Labute approximate surface area is 207 Å². The summed E-state index contributed by atoms with van der Waals surface area (Å²) in [6.07, 6.45) is 4.27. The van der Waals surface area contributed by atoms with Crippen molar-refractivity contribution in [3.63, 3.8) is 0 Å². The fourth-order valence-electron chi connectivity index (χ4n) is 4.79. The van der Waals surface area contributed by atoms with Crippen molar-refractivity contribution in [1.29, 1.82) is 0 Å². The van der Waals surface area contributed by atoms with Crippen LogP contribution < -0.4 is 10.6 Å². The van der Waals surface area contributed by atoms with Gasteiger partial charge in [-0.25, -0.2) is 0 Å². The highest BCUT2D eigenvalue weighted by molar-refractivity contribution is 5.94. The molecule has 3 aromatic carbocycles. The standard InChI is InChI=1S/C30H32N2O3/c33-27(23-14-10-11-15-23)21-31-29(34)26(20-22-12-4-1-5-13-22)32-30(35)28(24-16-6-2-7-17-24)25-18-8-3-9-19-25/h1-9,12-13,16-19,23,26,28H,10-11,14-15,20-21H2,(H,31,34)(H,32,35)/t26-/m0/s1. The van der Waals surface area contributed by atoms with Gasteiger partial charge in [0.1, 0.15) is 6.04 Å². The average molecular weight is 469 g/mol. The molecule has 0 saturated heterocycles. The second-order valence-corrected chi connectivity index (χ2v) is 9.17. The van der Waals surface area contributed by atoms with Crippen molar-refractivity contribution in [3.05, 3.63) is 108 Å². The van der Waals surface area contributed by atoms with E-state index >= 15 is 0 Å². The van der Waals surface area contributed by atoms with E-state index in [0.29, 0.717) is 6.42 Å². The molecule has 0 unspecified atom stereocenters. The molecule has 35 heavy (non-hydrogen) atoms. The third kappa shape index (κ3) is 6.66. The van der Waals surface area contributed by atoms with Gasteiger partial charge in [0.05, 0.1) is 12.5 Å². The summed E-state index contributed by atoms with van der Waals surface area (Å²) < 4.78 is 0. The first kappa shape index (κ1) is 24.4. The minimum absolute atomic E-state index is 0.00542. The van der Waals surface area contributed by atoms with Crippen LogP contribution in [0.15, 0.2) is 91.0 Å². The van der Waals surface area contributed by atoms with Crippen LogP contribution in [-0.4, -0.2) is 30.2 Å². The number of hydrogen-bond donors (Lipinski definition) is 2. The molecule has 0 bridgehead atoms. The largest absolute Gasteiger partial charge is 0.347 e. The van der Waals surface area contributed by atoms with E-state index in [4.69, 9.17) is 0 Å². The van der Waals surface area contributed by atoms with Crippen LogP contribution in [0.4, 0.5) is 0 Å². The van der Waals surface area contributed by atoms with Gasteiger partial charge in [0.15, 0.2) is 5.78 Å². The van der Waals surface area contributed by atoms with E-state index in [1.807, 2.05) is 91.0 Å². The molecule has 0 spiro atoms. The van der Waals surface area contributed by atoms with Gasteiger partial charge in [-0.15, -0.1) is 0 Å². The maximum Gasteiger partial charge on any atom is 0.243 e. The van der Waals surface area contributed by atoms with Crippen LogP contribution in [-0.2, 0) is 20.8 Å². The maximum atomic E-state index is 13.6. The zero-order valence-electron chi connectivity index (χ0n) is 19.9. The van der Waals surface area contributed by atoms with Crippen LogP contribution in [0.1, 0.15) is 48.3 Å². The highest BCUT2D eigenvalue weighted by Gasteiger charge is 2.29. The number of hydrogen-bond acceptors (Lipinski definition) is 3. The first-order chi connectivity index (χ1) is 17.1. The molecule has 2 N–H and O–H groups in total. The first-order valence-electron chi connectivity index (χ1n) is 12.4. The van der Waals surface area contributed by atoms with E-state index in [2.05, 4.69) is 10.6 Å². The van der Waals surface area contributed by atoms with Crippen molar-refractivity contribution in [1.82, 2.24) is 10.6 Å². The van der Waals surface area contributed by atoms with Crippen LogP contribution in [0, 0.1) is 5.92 Å². The Bertz CT molecular complexity index is 1070. The Morgan fingerprint density at radius 1 is 0.714 bits per heavy atom. The molecule has 1 saturated carbocycles. The van der Waals surface area contributed by atoms with Gasteiger partial charge < -0.3 is 10.6 Å². The van der Waals surface area contributed by atoms with Crippen LogP contribution in [0.2, 0.25) is 0 Å². The zero-order chi connectivity index (χ0) is 24.5. The molecule has 5 heteroatoms. The summed E-state index contributed by atoms with van der Waals surface area (Å²) in [7, 11) is 0. The molecular formula is C30H32N2O3. The van der Waals surface area contributed by atoms with Gasteiger partial charge in [-0.3, -0.25) is 14.4 Å². The van der Waals surface area contributed by atoms with E-state index in [1.165, 1.54) is 0 Å². The molecule has 0 heterocycles. The lowest BCUT2D eigenvalue weighted by Gasteiger charge is -2.23. The van der Waals surface area contributed by atoms with Crippen molar-refractivity contribution < 1.29 is 14.4 Å². The topological polar surface area (TPSA) is 75.3 Å². The van der Waals surface area contributed by atoms with Gasteiger partial charge in [0.25, 0.3) is 0 Å². The molecule has 2 amide bonds. The second-order valence-electron chi connectivity index (χ2n) is 9.17. The summed E-state index contributed by atoms with van der Waals surface area (Å²) >= 11 is 0. The summed E-state index contributed by atoms with van der Waals surface area (Å²) in [6, 6.07) is 27.9. The Morgan fingerprint density at radius 3 is 1.77 bits per heavy atom. The molecule has 1 aliphatic rings. The third-order valence-electron chi connectivity index (χ3n) is 6.69. The second kappa shape index (κ2) is 12.1. The first-order valence-corrected chi connectivity index (χ1v) is 12.4. The van der Waals surface area contributed by atoms with Gasteiger partial charge in [0.2, 0.25) is 11.8 Å². The van der Waals surface area contributed by atoms with E-state index in [0.717, 1.165) is 42.4 Å². The predicted molar refractivity (Wildman–Crippen MR) is 137 cm³/mol. The lowest BCUT2D eigenvalue weighted by atomic mass is 9.90. The predicted octanol–water partition coefficient (Wildman–Crippen LogP) is 4.42. The zero-order valence-corrected chi connectivity index (χ0v) is 19.9. The summed E-state index contributed by atoms with van der Waals surface area (Å²) in [5.74, 6) is -1.03. The van der Waals surface area contributed by atoms with Crippen molar-refractivity contribution in [3.8, 4) is 0 Å². The highest BCUT2D eigenvalue weighted by atomic mass is 16.2. The van der Waals surface area contributed by atoms with Gasteiger partial charge in [-0.2, -0.15) is 0 Å². The summed E-state index contributed by atoms with van der Waals surface area (Å²) in [5.41, 5.74) is 2.64. The van der Waals surface area contributed by atoms with E-state index in [1.54, 1.807) is 0 Å². The van der Waals surface area contributed by atoms with E-state index in [9.17, 15) is 14.4 Å². The Morgan fingerprint density at radius 2 is 1.23 bits per heavy atom. The smallest absolute Gasteiger partial charge is 0.243 e. The molecule has 1 aliphatic carbocycles. The number of carbonyl (C=O) groups excluding carboxylic acids is 3. The number of ketones is 1. The molecule has 5 nitrogen and oxygen atoms in total. The summed E-state index contributed by atoms with van der Waals surface area (Å²) in [4.78, 5) is 39.4. The third-order valence-corrected chi connectivity index (χ3v) is 6.69. The van der Waals surface area contributed by atoms with Gasteiger partial charge >= 0.3 is 0 Å². The SMILES string of the molecule is O=C(CNC(=O)[C@H](Cc1ccccc1)NC(=O)C(c1ccccc1)c1ccccc1)C1CCCC1. The van der Waals surface area contributed by atoms with Gasteiger partial charge in [0, 0.05) is 12.3 Å². The summed E-state index contributed by atoms with van der Waals surface area (Å²) in [6.45, 7) is 0.00542. The molecular weight excluding hydrogens is 436 g/mol. The fraction of sp³-hybridized carbons (Fsp3) is 0.300. The Hall–Kier alpha value is -3.73. The lowest BCUT2D eigenvalue weighted by Crippen LogP contribution is -2.50. The number of nitrogens with one attached hydrogen (secondary N) is 2. The molecule has 1 atom stereocenters. The van der Waals surface area contributed by atoms with Gasteiger partial charge in [-0.05, 0) is 29.5 Å². The van der Waals surface area contributed by atoms with E-state index < -0.39 is 12.0 Å². The quantitative estimate of drug-likeness (QED) is 0.463. The van der Waals surface area contributed by atoms with Crippen LogP contribution in [0.3, 0.4) is 0 Å². The molecule has 1 fully saturated rings. The van der Waals surface area contributed by atoms with Crippen LogP contribution >= 0.6 is 0 Å². The van der Waals surface area contributed by atoms with Crippen molar-refractivity contribution in [2.24, 2.45) is 5.92 Å². The molecule has 3 aromatic rings. The molecule has 0 aliphatic heterocycles. The van der Waals surface area contributed by atoms with Crippen molar-refractivity contribution >= 4 is 17.6 Å². The normalized spacial score (nSPS) is 14.4. The van der Waals surface area contributed by atoms with Gasteiger partial charge in [-0.1, -0.05) is 104 Å².